The monoisotopic (exact) mass is 511 g/mol. The van der Waals surface area contributed by atoms with E-state index in [0.717, 1.165) is 22.3 Å². The number of carboxylic acid groups (broad SMARTS) is 1. The first-order valence-electron chi connectivity index (χ1n) is 12.3. The van der Waals surface area contributed by atoms with E-state index in [-0.39, 0.29) is 6.61 Å². The number of rotatable bonds is 11. The number of amides is 1. The van der Waals surface area contributed by atoms with E-state index < -0.39 is 24.3 Å². The number of carbonyl (C=O) groups excluding carboxylic acids is 1. The van der Waals surface area contributed by atoms with E-state index in [1.54, 1.807) is 6.92 Å². The maximum Gasteiger partial charge on any atom is 0.412 e. The predicted octanol–water partition coefficient (Wildman–Crippen LogP) is 6.06. The number of aromatic nitrogens is 2. The van der Waals surface area contributed by atoms with Crippen LogP contribution in [0, 0.1) is 0 Å². The van der Waals surface area contributed by atoms with Crippen LogP contribution in [-0.4, -0.2) is 33.2 Å². The summed E-state index contributed by atoms with van der Waals surface area (Å²) in [5, 5.41) is 12.2. The molecule has 8 nitrogen and oxygen atoms in total. The quantitative estimate of drug-likeness (QED) is 0.252. The Balaban J connectivity index is 1.27. The van der Waals surface area contributed by atoms with E-state index in [1.165, 1.54) is 12.4 Å². The van der Waals surface area contributed by atoms with Crippen LogP contribution >= 0.6 is 0 Å². The summed E-state index contributed by atoms with van der Waals surface area (Å²) in [4.78, 5) is 32.5. The Morgan fingerprint density at radius 3 is 2.13 bits per heavy atom. The number of hydrogen-bond donors (Lipinski definition) is 2. The van der Waals surface area contributed by atoms with Gasteiger partial charge in [-0.2, -0.15) is 0 Å². The highest BCUT2D eigenvalue weighted by atomic mass is 16.6. The average Bonchev–Trinajstić information content (AvgIpc) is 2.94. The van der Waals surface area contributed by atoms with Crippen LogP contribution in [0.15, 0.2) is 97.3 Å². The van der Waals surface area contributed by atoms with Crippen LogP contribution in [0.4, 0.5) is 10.5 Å². The van der Waals surface area contributed by atoms with Gasteiger partial charge in [-0.25, -0.2) is 19.6 Å². The van der Waals surface area contributed by atoms with Crippen molar-refractivity contribution in [1.82, 2.24) is 9.97 Å². The molecule has 4 aromatic rings. The lowest BCUT2D eigenvalue weighted by molar-refractivity contribution is -0.151. The zero-order valence-corrected chi connectivity index (χ0v) is 21.0. The van der Waals surface area contributed by atoms with Crippen molar-refractivity contribution in [3.05, 3.63) is 114 Å². The summed E-state index contributed by atoms with van der Waals surface area (Å²) in [6, 6.07) is 26.6. The van der Waals surface area contributed by atoms with Crippen molar-refractivity contribution in [1.29, 1.82) is 0 Å². The minimum Gasteiger partial charge on any atom is -0.479 e. The van der Waals surface area contributed by atoms with Crippen molar-refractivity contribution in [2.24, 2.45) is 0 Å². The van der Waals surface area contributed by atoms with Crippen molar-refractivity contribution in [3.8, 4) is 11.4 Å². The smallest absolute Gasteiger partial charge is 0.412 e. The van der Waals surface area contributed by atoms with Crippen LogP contribution in [0.2, 0.25) is 0 Å². The Hall–Kier alpha value is -4.56. The number of aliphatic carboxylic acids is 1. The molecular weight excluding hydrogens is 482 g/mol. The van der Waals surface area contributed by atoms with Gasteiger partial charge >= 0.3 is 12.1 Å². The van der Waals surface area contributed by atoms with Crippen LogP contribution in [0.1, 0.15) is 36.1 Å². The second-order valence-corrected chi connectivity index (χ2v) is 8.74. The molecular formula is C30H29N3O5. The van der Waals surface area contributed by atoms with E-state index in [9.17, 15) is 14.7 Å². The highest BCUT2D eigenvalue weighted by Crippen LogP contribution is 2.20. The lowest BCUT2D eigenvalue weighted by atomic mass is 10.1. The van der Waals surface area contributed by atoms with Crippen LogP contribution in [0.3, 0.4) is 0 Å². The molecule has 8 heteroatoms. The summed E-state index contributed by atoms with van der Waals surface area (Å²) in [5.41, 5.74) is 4.01. The number of hydrogen-bond acceptors (Lipinski definition) is 6. The summed E-state index contributed by atoms with van der Waals surface area (Å²) in [6.07, 6.45) is 2.17. The molecule has 0 saturated carbocycles. The molecule has 3 aromatic carbocycles. The molecule has 1 heterocycles. The van der Waals surface area contributed by atoms with Crippen LogP contribution in [0.5, 0.6) is 0 Å². The molecule has 2 unspecified atom stereocenters. The lowest BCUT2D eigenvalue weighted by Gasteiger charge is -2.14. The highest BCUT2D eigenvalue weighted by Gasteiger charge is 2.18. The van der Waals surface area contributed by atoms with Gasteiger partial charge < -0.3 is 14.6 Å². The van der Waals surface area contributed by atoms with Crippen LogP contribution < -0.4 is 5.32 Å². The minimum atomic E-state index is -0.974. The Morgan fingerprint density at radius 1 is 0.868 bits per heavy atom. The molecule has 0 saturated heterocycles. The first-order valence-corrected chi connectivity index (χ1v) is 12.3. The summed E-state index contributed by atoms with van der Waals surface area (Å²) in [5.74, 6) is -0.488. The van der Waals surface area contributed by atoms with Crippen molar-refractivity contribution in [3.63, 3.8) is 0 Å². The molecule has 0 radical (unpaired) electrons. The number of carboxylic acids is 1. The van der Waals surface area contributed by atoms with Gasteiger partial charge in [0.05, 0.1) is 24.7 Å². The van der Waals surface area contributed by atoms with Gasteiger partial charge in [0.2, 0.25) is 0 Å². The Labute approximate surface area is 221 Å². The molecule has 1 aromatic heterocycles. The zero-order valence-electron chi connectivity index (χ0n) is 21.0. The van der Waals surface area contributed by atoms with E-state index in [4.69, 9.17) is 9.47 Å². The van der Waals surface area contributed by atoms with Gasteiger partial charge in [-0.1, -0.05) is 84.9 Å². The molecule has 0 spiro atoms. The summed E-state index contributed by atoms with van der Waals surface area (Å²) in [7, 11) is 0. The number of benzene rings is 3. The van der Waals surface area contributed by atoms with Crippen molar-refractivity contribution in [2.45, 2.75) is 38.6 Å². The van der Waals surface area contributed by atoms with Crippen molar-refractivity contribution < 1.29 is 24.2 Å². The summed E-state index contributed by atoms with van der Waals surface area (Å²) >= 11 is 0. The second kappa shape index (κ2) is 13.1. The molecule has 2 N–H and O–H groups in total. The maximum atomic E-state index is 12.2. The van der Waals surface area contributed by atoms with E-state index in [0.29, 0.717) is 24.4 Å². The number of nitrogens with zero attached hydrogens (tertiary/aromatic N) is 2. The van der Waals surface area contributed by atoms with Crippen LogP contribution in [0.25, 0.3) is 11.4 Å². The molecule has 2 atom stereocenters. The Kier molecular flexibility index (Phi) is 9.15. The third-order valence-corrected chi connectivity index (χ3v) is 5.93. The SMILES string of the molecule is CC(OC(=O)Nc1cnc(-c2ccc(COC(CCc3ccccc3)C(=O)O)cc2)nc1)c1ccccc1. The largest absolute Gasteiger partial charge is 0.479 e. The molecule has 0 aliphatic rings. The third kappa shape index (κ3) is 7.72. The fourth-order valence-corrected chi connectivity index (χ4v) is 3.81. The molecule has 0 aliphatic heterocycles. The van der Waals surface area contributed by atoms with Crippen LogP contribution in [-0.2, 0) is 27.3 Å². The predicted molar refractivity (Wildman–Crippen MR) is 143 cm³/mol. The zero-order chi connectivity index (χ0) is 26.7. The van der Waals surface area contributed by atoms with Crippen molar-refractivity contribution in [2.75, 3.05) is 5.32 Å². The highest BCUT2D eigenvalue weighted by molar-refractivity contribution is 5.84. The number of aryl methyl sites for hydroxylation is 1. The topological polar surface area (TPSA) is 111 Å². The van der Waals surface area contributed by atoms with Gasteiger partial charge in [0.1, 0.15) is 6.10 Å². The van der Waals surface area contributed by atoms with E-state index in [1.807, 2.05) is 84.9 Å². The number of anilines is 1. The number of ether oxygens (including phenoxy) is 2. The van der Waals surface area contributed by atoms with E-state index >= 15 is 0 Å². The fraction of sp³-hybridized carbons (Fsp3) is 0.200. The number of carbonyl (C=O) groups is 2. The maximum absolute atomic E-state index is 12.2. The fourth-order valence-electron chi connectivity index (χ4n) is 3.81. The lowest BCUT2D eigenvalue weighted by Crippen LogP contribution is -2.24. The molecule has 194 valence electrons. The molecule has 0 bridgehead atoms. The first-order chi connectivity index (χ1) is 18.5. The number of nitrogens with one attached hydrogen (secondary N) is 1. The van der Waals surface area contributed by atoms with Gasteiger partial charge in [-0.15, -0.1) is 0 Å². The van der Waals surface area contributed by atoms with E-state index in [2.05, 4.69) is 15.3 Å². The Morgan fingerprint density at radius 2 is 1.50 bits per heavy atom. The normalized spacial score (nSPS) is 12.3. The van der Waals surface area contributed by atoms with Gasteiger partial charge in [0.25, 0.3) is 0 Å². The first kappa shape index (κ1) is 26.5. The van der Waals surface area contributed by atoms with Gasteiger partial charge in [0.15, 0.2) is 11.9 Å². The van der Waals surface area contributed by atoms with Gasteiger partial charge in [-0.3, -0.25) is 5.32 Å². The molecule has 4 rings (SSSR count). The average molecular weight is 512 g/mol. The molecule has 0 fully saturated rings. The minimum absolute atomic E-state index is 0.180. The summed E-state index contributed by atoms with van der Waals surface area (Å²) in [6.45, 7) is 1.98. The molecule has 38 heavy (non-hydrogen) atoms. The third-order valence-electron chi connectivity index (χ3n) is 5.93. The van der Waals surface area contributed by atoms with Gasteiger partial charge in [-0.05, 0) is 36.5 Å². The Bertz CT molecular complexity index is 1310. The standard InChI is InChI=1S/C30H29N3O5/c1-21(24-10-6-3-7-11-24)38-30(36)33-26-18-31-28(32-19-26)25-15-12-23(13-16-25)20-37-27(29(34)35)17-14-22-8-4-2-5-9-22/h2-13,15-16,18-19,21,27H,14,17,20H2,1H3,(H,33,36)(H,34,35). The second-order valence-electron chi connectivity index (χ2n) is 8.74. The van der Waals surface area contributed by atoms with Gasteiger partial charge in [0, 0.05) is 5.56 Å². The molecule has 0 aliphatic carbocycles. The molecule has 1 amide bonds. The summed E-state index contributed by atoms with van der Waals surface area (Å²) < 4.78 is 11.1. The van der Waals surface area contributed by atoms with Crippen molar-refractivity contribution >= 4 is 17.7 Å².